The molecule has 0 spiro atoms. The van der Waals surface area contributed by atoms with Gasteiger partial charge in [0.1, 0.15) is 5.76 Å². The average Bonchev–Trinajstić information content (AvgIpc) is 2.83. The van der Waals surface area contributed by atoms with Crippen molar-refractivity contribution in [3.8, 4) is 0 Å². The van der Waals surface area contributed by atoms with Gasteiger partial charge < -0.3 is 9.73 Å². The molecule has 1 saturated heterocycles. The molecule has 1 aromatic heterocycles. The molecule has 2 unspecified atom stereocenters. The summed E-state index contributed by atoms with van der Waals surface area (Å²) in [5.74, 6) is 1.65. The van der Waals surface area contributed by atoms with Gasteiger partial charge in [0.05, 0.1) is 29.7 Å². The molecule has 6 heteroatoms. The van der Waals surface area contributed by atoms with E-state index in [2.05, 4.69) is 10.3 Å². The smallest absolute Gasteiger partial charge is 0.198 e. The molecular weight excluding hydrogens is 228 g/mol. The normalized spacial score (nSPS) is 25.8. The van der Waals surface area contributed by atoms with Gasteiger partial charge in [0, 0.05) is 0 Å². The third-order valence-electron chi connectivity index (χ3n) is 2.98. The highest BCUT2D eigenvalue weighted by Crippen LogP contribution is 2.29. The van der Waals surface area contributed by atoms with Gasteiger partial charge >= 0.3 is 0 Å². The lowest BCUT2D eigenvalue weighted by molar-refractivity contribution is 0.396. The summed E-state index contributed by atoms with van der Waals surface area (Å²) < 4.78 is 28.2. The summed E-state index contributed by atoms with van der Waals surface area (Å²) in [5, 5.41) is 3.05. The van der Waals surface area contributed by atoms with Crippen LogP contribution in [0.1, 0.15) is 37.0 Å². The van der Waals surface area contributed by atoms with Crippen molar-refractivity contribution in [3.63, 3.8) is 0 Å². The van der Waals surface area contributed by atoms with Gasteiger partial charge in [0.15, 0.2) is 15.7 Å². The molecule has 90 valence electrons. The third kappa shape index (κ3) is 2.27. The summed E-state index contributed by atoms with van der Waals surface area (Å²) in [6.45, 7) is 1.97. The van der Waals surface area contributed by atoms with Crippen LogP contribution in [0.3, 0.4) is 0 Å². The van der Waals surface area contributed by atoms with Gasteiger partial charge in [0.25, 0.3) is 0 Å². The Morgan fingerprint density at radius 3 is 2.94 bits per heavy atom. The second-order valence-corrected chi connectivity index (χ2v) is 6.44. The van der Waals surface area contributed by atoms with Crippen LogP contribution in [0.15, 0.2) is 10.6 Å². The predicted octanol–water partition coefficient (Wildman–Crippen LogP) is 0.857. The zero-order valence-electron chi connectivity index (χ0n) is 9.43. The summed E-state index contributed by atoms with van der Waals surface area (Å²) in [6.07, 6.45) is 2.29. The Balaban J connectivity index is 2.14. The van der Waals surface area contributed by atoms with Crippen molar-refractivity contribution in [2.75, 3.05) is 18.6 Å². The van der Waals surface area contributed by atoms with E-state index in [-0.39, 0.29) is 23.5 Å². The molecular formula is C10H16N2O3S. The molecule has 0 amide bonds. The molecule has 16 heavy (non-hydrogen) atoms. The van der Waals surface area contributed by atoms with Crippen molar-refractivity contribution in [2.24, 2.45) is 0 Å². The van der Waals surface area contributed by atoms with Gasteiger partial charge in [-0.05, 0) is 20.4 Å². The number of oxazole rings is 1. The summed E-state index contributed by atoms with van der Waals surface area (Å²) >= 11 is 0. The van der Waals surface area contributed by atoms with Crippen LogP contribution >= 0.6 is 0 Å². The van der Waals surface area contributed by atoms with Crippen LogP contribution in [-0.2, 0) is 9.84 Å². The summed E-state index contributed by atoms with van der Waals surface area (Å²) in [6, 6.07) is 0.0965. The highest BCUT2D eigenvalue weighted by atomic mass is 32.2. The van der Waals surface area contributed by atoms with Crippen molar-refractivity contribution in [3.05, 3.63) is 17.8 Å². The summed E-state index contributed by atoms with van der Waals surface area (Å²) in [7, 11) is -1.04. The first kappa shape index (κ1) is 11.6. The molecule has 1 fully saturated rings. The maximum absolute atomic E-state index is 11.3. The van der Waals surface area contributed by atoms with Gasteiger partial charge in [-0.15, -0.1) is 0 Å². The molecule has 2 atom stereocenters. The van der Waals surface area contributed by atoms with Gasteiger partial charge in [-0.3, -0.25) is 0 Å². The Labute approximate surface area is 95.2 Å². The fourth-order valence-corrected chi connectivity index (χ4v) is 3.55. The van der Waals surface area contributed by atoms with Crippen molar-refractivity contribution in [1.82, 2.24) is 10.3 Å². The minimum atomic E-state index is -2.88. The number of aromatic nitrogens is 1. The molecule has 0 aromatic carbocycles. The summed E-state index contributed by atoms with van der Waals surface area (Å²) in [4.78, 5) is 4.16. The molecule has 1 aromatic rings. The largest absolute Gasteiger partial charge is 0.444 e. The predicted molar refractivity (Wildman–Crippen MR) is 60.0 cm³/mol. The second kappa shape index (κ2) is 4.18. The van der Waals surface area contributed by atoms with Gasteiger partial charge in [0.2, 0.25) is 0 Å². The number of sulfone groups is 1. The van der Waals surface area contributed by atoms with Gasteiger partial charge in [-0.25, -0.2) is 13.4 Å². The van der Waals surface area contributed by atoms with E-state index < -0.39 is 9.84 Å². The monoisotopic (exact) mass is 244 g/mol. The zero-order valence-corrected chi connectivity index (χ0v) is 10.3. The first-order chi connectivity index (χ1) is 7.52. The standard InChI is InChI=1S/C10H16N2O3S/c1-7(11-2)9-5-12-10(15-9)8-3-4-16(13,14)6-8/h5,7-8,11H,3-4,6H2,1-2H3. The lowest BCUT2D eigenvalue weighted by Crippen LogP contribution is -2.11. The molecule has 1 N–H and O–H groups in total. The minimum absolute atomic E-state index is 0.0668. The van der Waals surface area contributed by atoms with Crippen LogP contribution in [0, 0.1) is 0 Å². The van der Waals surface area contributed by atoms with Crippen molar-refractivity contribution in [1.29, 1.82) is 0 Å². The Morgan fingerprint density at radius 2 is 2.38 bits per heavy atom. The van der Waals surface area contributed by atoms with E-state index in [9.17, 15) is 8.42 Å². The molecule has 5 nitrogen and oxygen atoms in total. The molecule has 2 heterocycles. The highest BCUT2D eigenvalue weighted by Gasteiger charge is 2.32. The Bertz CT molecular complexity index is 466. The van der Waals surface area contributed by atoms with Crippen LogP contribution < -0.4 is 5.32 Å². The molecule has 0 radical (unpaired) electrons. The third-order valence-corrected chi connectivity index (χ3v) is 4.75. The molecule has 1 aliphatic heterocycles. The van der Waals surface area contributed by atoms with Crippen molar-refractivity contribution < 1.29 is 12.8 Å². The van der Waals surface area contributed by atoms with Crippen LogP contribution in [-0.4, -0.2) is 32.0 Å². The van der Waals surface area contributed by atoms with E-state index in [0.29, 0.717) is 12.3 Å². The molecule has 0 saturated carbocycles. The highest BCUT2D eigenvalue weighted by molar-refractivity contribution is 7.91. The van der Waals surface area contributed by atoms with Crippen LogP contribution in [0.25, 0.3) is 0 Å². The molecule has 0 bridgehead atoms. The number of nitrogens with one attached hydrogen (secondary N) is 1. The number of nitrogens with zero attached hydrogens (tertiary/aromatic N) is 1. The summed E-state index contributed by atoms with van der Waals surface area (Å²) in [5.41, 5.74) is 0. The van der Waals surface area contributed by atoms with E-state index in [1.807, 2.05) is 14.0 Å². The fraction of sp³-hybridized carbons (Fsp3) is 0.700. The van der Waals surface area contributed by atoms with E-state index >= 15 is 0 Å². The Hall–Kier alpha value is -0.880. The van der Waals surface area contributed by atoms with E-state index in [1.165, 1.54) is 0 Å². The Kier molecular flexibility index (Phi) is 3.03. The first-order valence-electron chi connectivity index (χ1n) is 5.35. The van der Waals surface area contributed by atoms with Crippen LogP contribution in [0.5, 0.6) is 0 Å². The number of rotatable bonds is 3. The van der Waals surface area contributed by atoms with Crippen LogP contribution in [0.2, 0.25) is 0 Å². The van der Waals surface area contributed by atoms with Gasteiger partial charge in [-0.2, -0.15) is 0 Å². The second-order valence-electron chi connectivity index (χ2n) is 4.21. The van der Waals surface area contributed by atoms with E-state index in [1.54, 1.807) is 6.20 Å². The molecule has 1 aliphatic rings. The topological polar surface area (TPSA) is 72.2 Å². The minimum Gasteiger partial charge on any atom is -0.444 e. The van der Waals surface area contributed by atoms with Gasteiger partial charge in [-0.1, -0.05) is 0 Å². The maximum atomic E-state index is 11.3. The van der Waals surface area contributed by atoms with Crippen molar-refractivity contribution in [2.45, 2.75) is 25.3 Å². The molecule has 0 aliphatic carbocycles. The lowest BCUT2D eigenvalue weighted by atomic mass is 10.1. The van der Waals surface area contributed by atoms with E-state index in [0.717, 1.165) is 5.76 Å². The average molecular weight is 244 g/mol. The molecule has 2 rings (SSSR count). The van der Waals surface area contributed by atoms with Crippen LogP contribution in [0.4, 0.5) is 0 Å². The Morgan fingerprint density at radius 1 is 1.62 bits per heavy atom. The fourth-order valence-electron chi connectivity index (χ4n) is 1.82. The number of hydrogen-bond donors (Lipinski definition) is 1. The number of hydrogen-bond acceptors (Lipinski definition) is 5. The first-order valence-corrected chi connectivity index (χ1v) is 7.17. The zero-order chi connectivity index (χ0) is 11.8. The SMILES string of the molecule is CNC(C)c1cnc(C2CCS(=O)(=O)C2)o1. The quantitative estimate of drug-likeness (QED) is 0.853. The maximum Gasteiger partial charge on any atom is 0.198 e. The lowest BCUT2D eigenvalue weighted by Gasteiger charge is -2.05. The van der Waals surface area contributed by atoms with E-state index in [4.69, 9.17) is 4.42 Å². The van der Waals surface area contributed by atoms with Crippen molar-refractivity contribution >= 4 is 9.84 Å².